The molecule has 0 aromatic rings. The van der Waals surface area contributed by atoms with Crippen LogP contribution in [0.3, 0.4) is 0 Å². The quantitative estimate of drug-likeness (QED) is 0.352. The summed E-state index contributed by atoms with van der Waals surface area (Å²) in [6, 6.07) is 0. The average Bonchev–Trinajstić information content (AvgIpc) is 3.16. The molecule has 37 heavy (non-hydrogen) atoms. The first kappa shape index (κ1) is 28.9. The molecule has 0 aromatic carbocycles. The molecule has 1 unspecified atom stereocenters. The molecule has 0 heterocycles. The van der Waals surface area contributed by atoms with Gasteiger partial charge in [-0.25, -0.2) is 0 Å². The SMILES string of the molecule is COC(=O)CC1[C@@H](OC(C)=O)CC[C@@]2(C)[C@H]1CC[C@@H]1[C@@H]2CC[C@]2(C)[C@@H]([C@H](C)CCCC(C)(C)O)CC[C@@H]12. The van der Waals surface area contributed by atoms with Crippen molar-refractivity contribution in [2.45, 2.75) is 130 Å². The van der Waals surface area contributed by atoms with E-state index in [9.17, 15) is 14.7 Å². The second-order valence-electron chi connectivity index (χ2n) is 14.6. The maximum Gasteiger partial charge on any atom is 0.305 e. The van der Waals surface area contributed by atoms with Gasteiger partial charge in [-0.3, -0.25) is 9.59 Å². The lowest BCUT2D eigenvalue weighted by Gasteiger charge is -2.63. The van der Waals surface area contributed by atoms with Crippen molar-refractivity contribution in [1.82, 2.24) is 0 Å². The van der Waals surface area contributed by atoms with Crippen molar-refractivity contribution in [3.8, 4) is 0 Å². The molecule has 0 radical (unpaired) electrons. The van der Waals surface area contributed by atoms with Crippen LogP contribution in [0.15, 0.2) is 0 Å². The Balaban J connectivity index is 1.50. The molecule has 0 bridgehead atoms. The van der Waals surface area contributed by atoms with Crippen molar-refractivity contribution in [2.24, 2.45) is 52.3 Å². The molecule has 0 aromatic heterocycles. The minimum Gasteiger partial charge on any atom is -0.469 e. The summed E-state index contributed by atoms with van der Waals surface area (Å²) in [5, 5.41) is 10.2. The molecule has 10 atom stereocenters. The van der Waals surface area contributed by atoms with Crippen molar-refractivity contribution in [2.75, 3.05) is 7.11 Å². The lowest BCUT2D eigenvalue weighted by atomic mass is 9.42. The van der Waals surface area contributed by atoms with Gasteiger partial charge in [0.25, 0.3) is 0 Å². The number of carbonyl (C=O) groups is 2. The van der Waals surface area contributed by atoms with E-state index in [2.05, 4.69) is 20.8 Å². The molecule has 212 valence electrons. The summed E-state index contributed by atoms with van der Waals surface area (Å²) in [7, 11) is 1.46. The number of esters is 2. The monoisotopic (exact) mass is 518 g/mol. The number of fused-ring (bicyclic) bond motifs is 5. The topological polar surface area (TPSA) is 72.8 Å². The maximum atomic E-state index is 12.4. The van der Waals surface area contributed by atoms with Crippen LogP contribution in [0.5, 0.6) is 0 Å². The Morgan fingerprint density at radius 3 is 2.27 bits per heavy atom. The first-order valence-electron chi connectivity index (χ1n) is 15.3. The van der Waals surface area contributed by atoms with Crippen LogP contribution in [0.2, 0.25) is 0 Å². The van der Waals surface area contributed by atoms with E-state index in [1.165, 1.54) is 52.6 Å². The number of ether oxygens (including phenoxy) is 2. The standard InChI is InChI=1S/C32H54O5/c1-20(9-8-16-30(3,4)35)24-12-13-25-22-10-11-26-23(19-29(34)36-7)28(37-21(2)33)15-18-32(26,6)27(22)14-17-31(24,25)5/h20,22-28,35H,8-19H2,1-7H3/t20-,22+,23?,24-,25+,26+,27+,28+,31-,32+/m1/s1. The zero-order chi connectivity index (χ0) is 27.2. The third kappa shape index (κ3) is 5.63. The van der Waals surface area contributed by atoms with E-state index in [-0.39, 0.29) is 29.4 Å². The molecule has 0 spiro atoms. The summed E-state index contributed by atoms with van der Waals surface area (Å²) in [6.45, 7) is 12.9. The van der Waals surface area contributed by atoms with E-state index in [0.29, 0.717) is 29.6 Å². The molecule has 5 heteroatoms. The van der Waals surface area contributed by atoms with Gasteiger partial charge in [-0.15, -0.1) is 0 Å². The summed E-state index contributed by atoms with van der Waals surface area (Å²) in [5.41, 5.74) is 0.0725. The Morgan fingerprint density at radius 1 is 0.973 bits per heavy atom. The fourth-order valence-electron chi connectivity index (χ4n) is 10.4. The molecule has 4 aliphatic carbocycles. The van der Waals surface area contributed by atoms with Gasteiger partial charge >= 0.3 is 11.9 Å². The summed E-state index contributed by atoms with van der Waals surface area (Å²) in [4.78, 5) is 24.3. The number of methoxy groups -OCH3 is 1. The van der Waals surface area contributed by atoms with Gasteiger partial charge in [0.05, 0.1) is 19.1 Å². The van der Waals surface area contributed by atoms with E-state index in [1.807, 2.05) is 13.8 Å². The molecule has 4 fully saturated rings. The van der Waals surface area contributed by atoms with Crippen LogP contribution in [0.1, 0.15) is 119 Å². The molecule has 4 saturated carbocycles. The van der Waals surface area contributed by atoms with Crippen LogP contribution in [0, 0.1) is 52.3 Å². The highest BCUT2D eigenvalue weighted by Crippen LogP contribution is 2.69. The number of aliphatic hydroxyl groups is 1. The highest BCUT2D eigenvalue weighted by molar-refractivity contribution is 5.70. The van der Waals surface area contributed by atoms with Crippen LogP contribution in [-0.4, -0.2) is 35.9 Å². The molecular formula is C32H54O5. The van der Waals surface area contributed by atoms with Crippen LogP contribution in [-0.2, 0) is 19.1 Å². The van der Waals surface area contributed by atoms with Gasteiger partial charge in [0.15, 0.2) is 0 Å². The zero-order valence-electron chi connectivity index (χ0n) is 24.7. The Morgan fingerprint density at radius 2 is 1.62 bits per heavy atom. The maximum absolute atomic E-state index is 12.4. The summed E-state index contributed by atoms with van der Waals surface area (Å²) in [5.74, 6) is 3.84. The van der Waals surface area contributed by atoms with Gasteiger partial charge in [-0.05, 0) is 118 Å². The largest absolute Gasteiger partial charge is 0.469 e. The average molecular weight is 519 g/mol. The Kier molecular flexibility index (Phi) is 8.45. The van der Waals surface area contributed by atoms with Gasteiger partial charge in [0.1, 0.15) is 6.10 Å². The highest BCUT2D eigenvalue weighted by atomic mass is 16.5. The summed E-state index contributed by atoms with van der Waals surface area (Å²) in [6.07, 6.45) is 13.1. The molecule has 0 saturated heterocycles. The van der Waals surface area contributed by atoms with E-state index >= 15 is 0 Å². The van der Waals surface area contributed by atoms with E-state index in [4.69, 9.17) is 9.47 Å². The van der Waals surface area contributed by atoms with Crippen LogP contribution < -0.4 is 0 Å². The van der Waals surface area contributed by atoms with Gasteiger partial charge in [0.2, 0.25) is 0 Å². The lowest BCUT2D eigenvalue weighted by Crippen LogP contribution is -2.57. The minimum absolute atomic E-state index is 0.0662. The van der Waals surface area contributed by atoms with Crippen molar-refractivity contribution in [3.05, 3.63) is 0 Å². The van der Waals surface area contributed by atoms with Gasteiger partial charge in [-0.2, -0.15) is 0 Å². The second kappa shape index (κ2) is 10.8. The fourth-order valence-corrected chi connectivity index (χ4v) is 10.4. The summed E-state index contributed by atoms with van der Waals surface area (Å²) < 4.78 is 10.9. The lowest BCUT2D eigenvalue weighted by molar-refractivity contribution is -0.180. The number of hydrogen-bond acceptors (Lipinski definition) is 5. The van der Waals surface area contributed by atoms with Gasteiger partial charge in [0, 0.05) is 12.8 Å². The summed E-state index contributed by atoms with van der Waals surface area (Å²) >= 11 is 0. The highest BCUT2D eigenvalue weighted by Gasteiger charge is 2.62. The molecule has 4 rings (SSSR count). The smallest absolute Gasteiger partial charge is 0.305 e. The van der Waals surface area contributed by atoms with Crippen molar-refractivity contribution >= 4 is 11.9 Å². The van der Waals surface area contributed by atoms with E-state index in [1.54, 1.807) is 0 Å². The molecule has 1 N–H and O–H groups in total. The van der Waals surface area contributed by atoms with Crippen molar-refractivity contribution < 1.29 is 24.2 Å². The predicted octanol–water partition coefficient (Wildman–Crippen LogP) is 6.94. The number of rotatable bonds is 8. The number of hydrogen-bond donors (Lipinski definition) is 1. The third-order valence-corrected chi connectivity index (χ3v) is 12.1. The Bertz CT molecular complexity index is 832. The molecular weight excluding hydrogens is 464 g/mol. The second-order valence-corrected chi connectivity index (χ2v) is 14.6. The first-order chi connectivity index (χ1) is 17.3. The minimum atomic E-state index is -0.561. The van der Waals surface area contributed by atoms with Crippen LogP contribution in [0.25, 0.3) is 0 Å². The Labute approximate surface area is 225 Å². The van der Waals surface area contributed by atoms with Crippen molar-refractivity contribution in [1.29, 1.82) is 0 Å². The first-order valence-corrected chi connectivity index (χ1v) is 15.3. The molecule has 0 amide bonds. The van der Waals surface area contributed by atoms with Crippen LogP contribution in [0.4, 0.5) is 0 Å². The predicted molar refractivity (Wildman–Crippen MR) is 146 cm³/mol. The number of carbonyl (C=O) groups excluding carboxylic acids is 2. The molecule has 4 aliphatic rings. The van der Waals surface area contributed by atoms with Gasteiger partial charge in [-0.1, -0.05) is 33.6 Å². The van der Waals surface area contributed by atoms with E-state index < -0.39 is 5.60 Å². The normalized spacial score (nSPS) is 42.2. The van der Waals surface area contributed by atoms with Crippen LogP contribution >= 0.6 is 0 Å². The molecule has 5 nitrogen and oxygen atoms in total. The third-order valence-electron chi connectivity index (χ3n) is 12.1. The zero-order valence-corrected chi connectivity index (χ0v) is 24.7. The Hall–Kier alpha value is -1.10. The van der Waals surface area contributed by atoms with Crippen molar-refractivity contribution in [3.63, 3.8) is 0 Å². The van der Waals surface area contributed by atoms with E-state index in [0.717, 1.165) is 49.9 Å². The fraction of sp³-hybridized carbons (Fsp3) is 0.938. The van der Waals surface area contributed by atoms with Gasteiger partial charge < -0.3 is 14.6 Å². The molecule has 0 aliphatic heterocycles.